The predicted octanol–water partition coefficient (Wildman–Crippen LogP) is 2.23. The molecule has 134 valence electrons. The molecule has 9 heteroatoms. The normalized spacial score (nSPS) is 10.9. The molecule has 27 heavy (non-hydrogen) atoms. The van der Waals surface area contributed by atoms with E-state index in [0.717, 1.165) is 11.1 Å². The van der Waals surface area contributed by atoms with Gasteiger partial charge < -0.3 is 9.84 Å². The van der Waals surface area contributed by atoms with Gasteiger partial charge in [-0.2, -0.15) is 10.4 Å². The van der Waals surface area contributed by atoms with Gasteiger partial charge in [0.15, 0.2) is 0 Å². The zero-order valence-electron chi connectivity index (χ0n) is 14.7. The highest BCUT2D eigenvalue weighted by Gasteiger charge is 2.16. The van der Waals surface area contributed by atoms with Gasteiger partial charge in [0.2, 0.25) is 5.88 Å². The van der Waals surface area contributed by atoms with Crippen LogP contribution >= 0.6 is 0 Å². The lowest BCUT2D eigenvalue weighted by Crippen LogP contribution is -1.94. The van der Waals surface area contributed by atoms with Gasteiger partial charge in [0.05, 0.1) is 47.9 Å². The molecule has 4 heterocycles. The number of aryl methyl sites for hydroxylation is 1. The molecule has 0 bridgehead atoms. The van der Waals surface area contributed by atoms with E-state index in [4.69, 9.17) is 10.00 Å². The van der Waals surface area contributed by atoms with Crippen LogP contribution < -0.4 is 4.74 Å². The lowest BCUT2D eigenvalue weighted by Gasteiger charge is -2.04. The summed E-state index contributed by atoms with van der Waals surface area (Å²) < 4.78 is 8.08. The SMILES string of the molecule is COc1ncc(-c2cc(C)c3c(O)n(-c4cnn(CC#N)c4)cc3n2)cn1. The van der Waals surface area contributed by atoms with Gasteiger partial charge in [-0.25, -0.2) is 15.0 Å². The number of fused-ring (bicyclic) bond motifs is 1. The summed E-state index contributed by atoms with van der Waals surface area (Å²) >= 11 is 0. The smallest absolute Gasteiger partial charge is 0.316 e. The van der Waals surface area contributed by atoms with Crippen LogP contribution in [0.25, 0.3) is 27.8 Å². The molecule has 0 amide bonds. The van der Waals surface area contributed by atoms with Gasteiger partial charge in [-0.05, 0) is 18.6 Å². The van der Waals surface area contributed by atoms with Gasteiger partial charge in [0.1, 0.15) is 6.54 Å². The summed E-state index contributed by atoms with van der Waals surface area (Å²) in [4.78, 5) is 12.8. The molecule has 0 radical (unpaired) electrons. The van der Waals surface area contributed by atoms with Crippen molar-refractivity contribution in [2.75, 3.05) is 7.11 Å². The molecule has 0 spiro atoms. The molecular weight excluding hydrogens is 346 g/mol. The molecule has 0 saturated carbocycles. The largest absolute Gasteiger partial charge is 0.494 e. The van der Waals surface area contributed by atoms with E-state index in [1.807, 2.05) is 19.1 Å². The Balaban J connectivity index is 1.81. The maximum absolute atomic E-state index is 10.7. The maximum atomic E-state index is 10.7. The van der Waals surface area contributed by atoms with Crippen molar-refractivity contribution in [1.29, 1.82) is 5.26 Å². The van der Waals surface area contributed by atoms with Crippen molar-refractivity contribution in [2.45, 2.75) is 13.5 Å². The number of methoxy groups -OCH3 is 1. The number of hydrogen-bond acceptors (Lipinski definition) is 7. The van der Waals surface area contributed by atoms with Crippen molar-refractivity contribution in [3.8, 4) is 34.9 Å². The predicted molar refractivity (Wildman–Crippen MR) is 96.4 cm³/mol. The zero-order chi connectivity index (χ0) is 19.0. The number of pyridine rings is 1. The molecule has 0 aliphatic heterocycles. The second kappa shape index (κ2) is 6.42. The van der Waals surface area contributed by atoms with Gasteiger partial charge in [-0.1, -0.05) is 0 Å². The molecule has 0 saturated heterocycles. The Hall–Kier alpha value is -3.93. The van der Waals surface area contributed by atoms with E-state index in [-0.39, 0.29) is 18.4 Å². The number of rotatable bonds is 4. The van der Waals surface area contributed by atoms with E-state index < -0.39 is 0 Å². The number of nitrogens with zero attached hydrogens (tertiary/aromatic N) is 7. The standard InChI is InChI=1S/C18H15N7O2/c1-11-5-14(12-6-20-18(27-2)21-7-12)23-15-10-25(17(26)16(11)15)13-8-22-24(9-13)4-3-19/h5-10,26H,4H2,1-2H3. The molecular formula is C18H15N7O2. The quantitative estimate of drug-likeness (QED) is 0.592. The summed E-state index contributed by atoms with van der Waals surface area (Å²) in [6, 6.07) is 4.19. The summed E-state index contributed by atoms with van der Waals surface area (Å²) in [5, 5.41) is 24.2. The third kappa shape index (κ3) is 2.83. The first kappa shape index (κ1) is 16.5. The minimum atomic E-state index is 0.0732. The van der Waals surface area contributed by atoms with Gasteiger partial charge in [-0.15, -0.1) is 0 Å². The van der Waals surface area contributed by atoms with Crippen molar-refractivity contribution in [2.24, 2.45) is 0 Å². The Bertz CT molecular complexity index is 1170. The average Bonchev–Trinajstić information content (AvgIpc) is 3.26. The fourth-order valence-electron chi connectivity index (χ4n) is 2.92. The average molecular weight is 361 g/mol. The first-order chi connectivity index (χ1) is 13.1. The van der Waals surface area contributed by atoms with Crippen LogP contribution in [0, 0.1) is 18.3 Å². The van der Waals surface area contributed by atoms with Gasteiger partial charge in [0, 0.05) is 24.2 Å². The van der Waals surface area contributed by atoms with Crippen LogP contribution in [0.3, 0.4) is 0 Å². The molecule has 0 atom stereocenters. The molecule has 1 N–H and O–H groups in total. The van der Waals surface area contributed by atoms with E-state index in [1.165, 1.54) is 11.8 Å². The van der Waals surface area contributed by atoms with Crippen molar-refractivity contribution in [3.05, 3.63) is 42.6 Å². The van der Waals surface area contributed by atoms with Crippen LogP contribution in [0.4, 0.5) is 0 Å². The summed E-state index contributed by atoms with van der Waals surface area (Å²) in [7, 11) is 1.51. The van der Waals surface area contributed by atoms with Crippen LogP contribution in [0.1, 0.15) is 5.56 Å². The van der Waals surface area contributed by atoms with Crippen LogP contribution in [-0.2, 0) is 6.54 Å². The summed E-state index contributed by atoms with van der Waals surface area (Å²) in [6.07, 6.45) is 8.29. The highest BCUT2D eigenvalue weighted by atomic mass is 16.5. The number of hydrogen-bond donors (Lipinski definition) is 1. The fourth-order valence-corrected chi connectivity index (χ4v) is 2.92. The molecule has 4 rings (SSSR count). The van der Waals surface area contributed by atoms with Crippen molar-refractivity contribution < 1.29 is 9.84 Å². The van der Waals surface area contributed by atoms with Gasteiger partial charge in [0.25, 0.3) is 0 Å². The molecule has 4 aromatic heterocycles. The maximum Gasteiger partial charge on any atom is 0.316 e. The molecule has 0 fully saturated rings. The van der Waals surface area contributed by atoms with Crippen molar-refractivity contribution >= 4 is 10.9 Å². The Kier molecular flexibility index (Phi) is 3.93. The van der Waals surface area contributed by atoms with Crippen LogP contribution in [0.2, 0.25) is 0 Å². The van der Waals surface area contributed by atoms with E-state index in [1.54, 1.807) is 35.6 Å². The van der Waals surface area contributed by atoms with Crippen molar-refractivity contribution in [1.82, 2.24) is 29.3 Å². The fraction of sp³-hybridized carbons (Fsp3) is 0.167. The summed E-state index contributed by atoms with van der Waals surface area (Å²) in [5.74, 6) is 0.0732. The Morgan fingerprint density at radius 3 is 2.70 bits per heavy atom. The molecule has 4 aromatic rings. The summed E-state index contributed by atoms with van der Waals surface area (Å²) in [5.41, 5.74) is 3.59. The van der Waals surface area contributed by atoms with Crippen LogP contribution in [0.15, 0.2) is 37.1 Å². The molecule has 0 aliphatic rings. The number of nitriles is 1. The minimum absolute atomic E-state index is 0.0732. The second-order valence-corrected chi connectivity index (χ2v) is 5.92. The van der Waals surface area contributed by atoms with E-state index in [9.17, 15) is 5.11 Å². The minimum Gasteiger partial charge on any atom is -0.494 e. The lowest BCUT2D eigenvalue weighted by atomic mass is 10.1. The number of aromatic hydroxyl groups is 1. The number of aromatic nitrogens is 6. The summed E-state index contributed by atoms with van der Waals surface area (Å²) in [6.45, 7) is 2.04. The molecule has 0 aromatic carbocycles. The Labute approximate surface area is 154 Å². The first-order valence-electron chi connectivity index (χ1n) is 8.08. The van der Waals surface area contributed by atoms with Crippen LogP contribution in [0.5, 0.6) is 11.9 Å². The van der Waals surface area contributed by atoms with Gasteiger partial charge in [-0.3, -0.25) is 9.25 Å². The molecule has 0 unspecified atom stereocenters. The second-order valence-electron chi connectivity index (χ2n) is 5.92. The van der Waals surface area contributed by atoms with E-state index >= 15 is 0 Å². The van der Waals surface area contributed by atoms with E-state index in [0.29, 0.717) is 22.3 Å². The molecule has 0 aliphatic carbocycles. The van der Waals surface area contributed by atoms with Crippen LogP contribution in [-0.4, -0.2) is 41.5 Å². The topological polar surface area (TPSA) is 115 Å². The highest BCUT2D eigenvalue weighted by molar-refractivity contribution is 5.90. The third-order valence-electron chi connectivity index (χ3n) is 4.18. The number of ether oxygens (including phenoxy) is 1. The zero-order valence-corrected chi connectivity index (χ0v) is 14.7. The first-order valence-corrected chi connectivity index (χ1v) is 8.08. The van der Waals surface area contributed by atoms with Gasteiger partial charge >= 0.3 is 6.01 Å². The monoisotopic (exact) mass is 361 g/mol. The Morgan fingerprint density at radius 1 is 1.22 bits per heavy atom. The Morgan fingerprint density at radius 2 is 2.00 bits per heavy atom. The van der Waals surface area contributed by atoms with Crippen molar-refractivity contribution in [3.63, 3.8) is 0 Å². The van der Waals surface area contributed by atoms with E-state index in [2.05, 4.69) is 20.1 Å². The lowest BCUT2D eigenvalue weighted by molar-refractivity contribution is 0.380. The third-order valence-corrected chi connectivity index (χ3v) is 4.18. The molecule has 9 nitrogen and oxygen atoms in total. The highest BCUT2D eigenvalue weighted by Crippen LogP contribution is 2.33.